The summed E-state index contributed by atoms with van der Waals surface area (Å²) < 4.78 is 32.0. The van der Waals surface area contributed by atoms with Crippen LogP contribution in [0.25, 0.3) is 0 Å². The first-order valence-electron chi connectivity index (χ1n) is 10.8. The molecule has 0 radical (unpaired) electrons. The molecule has 172 valence electrons. The predicted molar refractivity (Wildman–Crippen MR) is 123 cm³/mol. The van der Waals surface area contributed by atoms with Crippen LogP contribution < -0.4 is 4.31 Å². The SMILES string of the molecule is CC1CCC(N(C)C(=O)COC(=O)c2ccc(S(=O)(=O)N(C)c3ccccc3)cc2)CC1. The number of sulfonamides is 1. The maximum atomic E-state index is 12.8. The molecule has 0 saturated heterocycles. The number of carbonyl (C=O) groups is 2. The molecule has 0 N–H and O–H groups in total. The van der Waals surface area contributed by atoms with E-state index in [1.165, 1.54) is 35.6 Å². The summed E-state index contributed by atoms with van der Waals surface area (Å²) in [5.41, 5.74) is 0.722. The Labute approximate surface area is 190 Å². The van der Waals surface area contributed by atoms with Gasteiger partial charge in [-0.25, -0.2) is 13.2 Å². The lowest BCUT2D eigenvalue weighted by atomic mass is 9.87. The number of benzene rings is 2. The number of anilines is 1. The van der Waals surface area contributed by atoms with Crippen LogP contribution in [-0.4, -0.2) is 51.9 Å². The summed E-state index contributed by atoms with van der Waals surface area (Å²) in [6.07, 6.45) is 4.11. The lowest BCUT2D eigenvalue weighted by Crippen LogP contribution is -2.41. The molecule has 1 aliphatic rings. The number of carbonyl (C=O) groups excluding carboxylic acids is 2. The summed E-state index contributed by atoms with van der Waals surface area (Å²) >= 11 is 0. The molecule has 1 aliphatic carbocycles. The molecule has 3 rings (SSSR count). The maximum Gasteiger partial charge on any atom is 0.338 e. The number of para-hydroxylation sites is 1. The van der Waals surface area contributed by atoms with Crippen molar-refractivity contribution in [2.45, 2.75) is 43.5 Å². The van der Waals surface area contributed by atoms with Crippen molar-refractivity contribution in [3.05, 3.63) is 60.2 Å². The quantitative estimate of drug-likeness (QED) is 0.591. The Balaban J connectivity index is 1.58. The fourth-order valence-corrected chi connectivity index (χ4v) is 5.04. The van der Waals surface area contributed by atoms with Crippen molar-refractivity contribution in [3.63, 3.8) is 0 Å². The molecule has 0 atom stereocenters. The highest BCUT2D eigenvalue weighted by molar-refractivity contribution is 7.92. The van der Waals surface area contributed by atoms with Crippen molar-refractivity contribution in [2.75, 3.05) is 25.0 Å². The largest absolute Gasteiger partial charge is 0.452 e. The third-order valence-corrected chi connectivity index (χ3v) is 7.92. The summed E-state index contributed by atoms with van der Waals surface area (Å²) in [4.78, 5) is 26.5. The zero-order chi connectivity index (χ0) is 23.3. The Bertz CT molecular complexity index is 1030. The van der Waals surface area contributed by atoms with E-state index in [0.29, 0.717) is 11.6 Å². The zero-order valence-corrected chi connectivity index (χ0v) is 19.5. The second-order valence-electron chi connectivity index (χ2n) is 8.33. The number of ether oxygens (including phenoxy) is 1. The lowest BCUT2D eigenvalue weighted by Gasteiger charge is -2.33. The van der Waals surface area contributed by atoms with E-state index >= 15 is 0 Å². The molecule has 7 nitrogen and oxygen atoms in total. The van der Waals surface area contributed by atoms with Crippen molar-refractivity contribution in [1.82, 2.24) is 4.90 Å². The molecule has 1 fully saturated rings. The Morgan fingerprint density at radius 1 is 0.938 bits per heavy atom. The minimum atomic E-state index is -3.77. The van der Waals surface area contributed by atoms with Crippen LogP contribution in [0.15, 0.2) is 59.5 Å². The van der Waals surface area contributed by atoms with Gasteiger partial charge in [0.2, 0.25) is 0 Å². The Kier molecular flexibility index (Phi) is 7.56. The van der Waals surface area contributed by atoms with Gasteiger partial charge in [0.15, 0.2) is 6.61 Å². The maximum absolute atomic E-state index is 12.8. The fourth-order valence-electron chi connectivity index (χ4n) is 3.84. The van der Waals surface area contributed by atoms with Gasteiger partial charge in [-0.2, -0.15) is 0 Å². The molecular weight excluding hydrogens is 428 g/mol. The number of likely N-dealkylation sites (N-methyl/N-ethyl adjacent to an activating group) is 1. The molecular formula is C24H30N2O5S. The monoisotopic (exact) mass is 458 g/mol. The van der Waals surface area contributed by atoms with Gasteiger partial charge in [-0.3, -0.25) is 9.10 Å². The molecule has 2 aromatic carbocycles. The first kappa shape index (κ1) is 23.8. The smallest absolute Gasteiger partial charge is 0.338 e. The van der Waals surface area contributed by atoms with E-state index < -0.39 is 16.0 Å². The fraction of sp³-hybridized carbons (Fsp3) is 0.417. The molecule has 0 spiro atoms. The van der Waals surface area contributed by atoms with Crippen LogP contribution in [0.5, 0.6) is 0 Å². The van der Waals surface area contributed by atoms with E-state index in [0.717, 1.165) is 25.7 Å². The molecule has 2 aromatic rings. The molecule has 0 unspecified atom stereocenters. The molecule has 0 bridgehead atoms. The molecule has 0 aliphatic heterocycles. The number of esters is 1. The van der Waals surface area contributed by atoms with Crippen molar-refractivity contribution in [2.24, 2.45) is 5.92 Å². The first-order chi connectivity index (χ1) is 15.2. The van der Waals surface area contributed by atoms with E-state index in [9.17, 15) is 18.0 Å². The number of amides is 1. The van der Waals surface area contributed by atoms with E-state index in [1.54, 1.807) is 36.2 Å². The normalized spacial score (nSPS) is 18.6. The average molecular weight is 459 g/mol. The van der Waals surface area contributed by atoms with Crippen LogP contribution in [0.4, 0.5) is 5.69 Å². The van der Waals surface area contributed by atoms with Gasteiger partial charge in [0.25, 0.3) is 15.9 Å². The minimum absolute atomic E-state index is 0.0581. The first-order valence-corrected chi connectivity index (χ1v) is 12.2. The second-order valence-corrected chi connectivity index (χ2v) is 10.3. The topological polar surface area (TPSA) is 84.0 Å². The highest BCUT2D eigenvalue weighted by atomic mass is 32.2. The van der Waals surface area contributed by atoms with Gasteiger partial charge in [-0.15, -0.1) is 0 Å². The summed E-state index contributed by atoms with van der Waals surface area (Å²) in [6, 6.07) is 14.4. The standard InChI is InChI=1S/C24H30N2O5S/c1-18-9-13-20(14-10-18)25(2)23(27)17-31-24(28)19-11-15-22(16-12-19)32(29,30)26(3)21-7-5-4-6-8-21/h4-8,11-12,15-16,18,20H,9-10,13-14,17H2,1-3H3. The average Bonchev–Trinajstić information content (AvgIpc) is 2.82. The van der Waals surface area contributed by atoms with Gasteiger partial charge < -0.3 is 9.64 Å². The van der Waals surface area contributed by atoms with Crippen molar-refractivity contribution in [1.29, 1.82) is 0 Å². The Hall–Kier alpha value is -2.87. The predicted octanol–water partition coefficient (Wildman–Crippen LogP) is 3.71. The third kappa shape index (κ3) is 5.48. The van der Waals surface area contributed by atoms with E-state index in [1.807, 2.05) is 6.07 Å². The van der Waals surface area contributed by atoms with Crippen LogP contribution >= 0.6 is 0 Å². The Morgan fingerprint density at radius 2 is 1.53 bits per heavy atom. The third-order valence-electron chi connectivity index (χ3n) is 6.12. The van der Waals surface area contributed by atoms with Crippen molar-refractivity contribution in [3.8, 4) is 0 Å². The molecule has 1 saturated carbocycles. The second kappa shape index (κ2) is 10.2. The number of rotatable bonds is 7. The van der Waals surface area contributed by atoms with E-state index in [4.69, 9.17) is 4.74 Å². The van der Waals surface area contributed by atoms with Crippen LogP contribution in [0.2, 0.25) is 0 Å². The molecule has 32 heavy (non-hydrogen) atoms. The Morgan fingerprint density at radius 3 is 2.12 bits per heavy atom. The van der Waals surface area contributed by atoms with Gasteiger partial charge in [0.1, 0.15) is 0 Å². The van der Waals surface area contributed by atoms with Crippen LogP contribution in [0.3, 0.4) is 0 Å². The summed E-state index contributed by atoms with van der Waals surface area (Å²) in [5.74, 6) is -0.210. The highest BCUT2D eigenvalue weighted by Crippen LogP contribution is 2.26. The molecule has 1 amide bonds. The summed E-state index contributed by atoms with van der Waals surface area (Å²) in [5, 5.41) is 0. The molecule has 0 aromatic heterocycles. The van der Waals surface area contributed by atoms with Gasteiger partial charge in [-0.1, -0.05) is 25.1 Å². The van der Waals surface area contributed by atoms with Crippen LogP contribution in [0.1, 0.15) is 43.0 Å². The molecule has 8 heteroatoms. The molecule has 0 heterocycles. The lowest BCUT2D eigenvalue weighted by molar-refractivity contribution is -0.136. The highest BCUT2D eigenvalue weighted by Gasteiger charge is 2.26. The van der Waals surface area contributed by atoms with Crippen LogP contribution in [0, 0.1) is 5.92 Å². The zero-order valence-electron chi connectivity index (χ0n) is 18.7. The number of hydrogen-bond donors (Lipinski definition) is 0. The summed E-state index contributed by atoms with van der Waals surface area (Å²) in [7, 11) is -0.544. The van der Waals surface area contributed by atoms with Crippen molar-refractivity contribution < 1.29 is 22.7 Å². The van der Waals surface area contributed by atoms with E-state index in [-0.39, 0.29) is 29.0 Å². The number of nitrogens with zero attached hydrogens (tertiary/aromatic N) is 2. The van der Waals surface area contributed by atoms with E-state index in [2.05, 4.69) is 6.92 Å². The van der Waals surface area contributed by atoms with Gasteiger partial charge >= 0.3 is 5.97 Å². The number of hydrogen-bond acceptors (Lipinski definition) is 5. The van der Waals surface area contributed by atoms with Gasteiger partial charge in [0, 0.05) is 20.1 Å². The van der Waals surface area contributed by atoms with Gasteiger partial charge in [0.05, 0.1) is 16.1 Å². The van der Waals surface area contributed by atoms with Crippen LogP contribution in [-0.2, 0) is 19.6 Å². The van der Waals surface area contributed by atoms with Gasteiger partial charge in [-0.05, 0) is 68.0 Å². The summed E-state index contributed by atoms with van der Waals surface area (Å²) in [6.45, 7) is 1.88. The van der Waals surface area contributed by atoms with Crippen molar-refractivity contribution >= 4 is 27.6 Å². The minimum Gasteiger partial charge on any atom is -0.452 e.